The lowest BCUT2D eigenvalue weighted by Gasteiger charge is -2.08. The van der Waals surface area contributed by atoms with E-state index in [1.807, 2.05) is 0 Å². The van der Waals surface area contributed by atoms with Gasteiger partial charge in [0, 0.05) is 24.7 Å². The van der Waals surface area contributed by atoms with Gasteiger partial charge < -0.3 is 15.2 Å². The summed E-state index contributed by atoms with van der Waals surface area (Å²) in [6.45, 7) is 0.0515. The van der Waals surface area contributed by atoms with Gasteiger partial charge in [0.1, 0.15) is 0 Å². The fraction of sp³-hybridized carbons (Fsp3) is 0.158. The van der Waals surface area contributed by atoms with Gasteiger partial charge in [0.2, 0.25) is 5.91 Å². The molecule has 0 bridgehead atoms. The van der Waals surface area contributed by atoms with Gasteiger partial charge in [0.05, 0.1) is 33.0 Å². The van der Waals surface area contributed by atoms with Gasteiger partial charge >= 0.3 is 0 Å². The molecule has 3 rings (SSSR count). The van der Waals surface area contributed by atoms with Crippen LogP contribution in [0.3, 0.4) is 0 Å². The van der Waals surface area contributed by atoms with Crippen molar-refractivity contribution in [2.45, 2.75) is 11.7 Å². The van der Waals surface area contributed by atoms with Crippen LogP contribution in [0, 0.1) is 10.1 Å². The second kappa shape index (κ2) is 10.4. The van der Waals surface area contributed by atoms with Gasteiger partial charge in [-0.15, -0.1) is 10.2 Å². The predicted molar refractivity (Wildman–Crippen MR) is 121 cm³/mol. The third-order valence-corrected chi connectivity index (χ3v) is 6.05. The van der Waals surface area contributed by atoms with Crippen LogP contribution in [0.1, 0.15) is 16.2 Å². The van der Waals surface area contributed by atoms with E-state index in [9.17, 15) is 19.7 Å². The maximum absolute atomic E-state index is 12.3. The smallest absolute Gasteiger partial charge is 0.270 e. The van der Waals surface area contributed by atoms with E-state index in [1.165, 1.54) is 24.3 Å². The van der Waals surface area contributed by atoms with Crippen molar-refractivity contribution in [2.24, 2.45) is 7.05 Å². The number of anilines is 1. The summed E-state index contributed by atoms with van der Waals surface area (Å²) in [4.78, 5) is 34.8. The number of carbonyl (C=O) groups is 2. The fourth-order valence-corrected chi connectivity index (χ4v) is 3.64. The molecule has 166 valence electrons. The number of hydrogen-bond acceptors (Lipinski definition) is 7. The number of non-ortho nitro benzene ring substituents is 1. The van der Waals surface area contributed by atoms with E-state index in [2.05, 4.69) is 20.8 Å². The quantitative estimate of drug-likeness (QED) is 0.277. The first-order chi connectivity index (χ1) is 15.3. The number of thioether (sulfide) groups is 1. The summed E-state index contributed by atoms with van der Waals surface area (Å²) >= 11 is 13.2. The molecule has 32 heavy (non-hydrogen) atoms. The number of hydrogen-bond donors (Lipinski definition) is 2. The molecule has 2 amide bonds. The average Bonchev–Trinajstić information content (AvgIpc) is 3.13. The first-order valence-corrected chi connectivity index (χ1v) is 10.8. The fourth-order valence-electron chi connectivity index (χ4n) is 2.56. The topological polar surface area (TPSA) is 132 Å². The lowest BCUT2D eigenvalue weighted by atomic mass is 10.2. The van der Waals surface area contributed by atoms with Crippen molar-refractivity contribution in [3.63, 3.8) is 0 Å². The molecule has 3 aromatic rings. The van der Waals surface area contributed by atoms with E-state index >= 15 is 0 Å². The van der Waals surface area contributed by atoms with Crippen molar-refractivity contribution in [1.29, 1.82) is 0 Å². The molecule has 2 N–H and O–H groups in total. The molecule has 0 aliphatic carbocycles. The Hall–Kier alpha value is -3.15. The number of nitrogens with zero attached hydrogens (tertiary/aromatic N) is 4. The van der Waals surface area contributed by atoms with Crippen molar-refractivity contribution in [1.82, 2.24) is 20.1 Å². The van der Waals surface area contributed by atoms with Gasteiger partial charge in [-0.1, -0.05) is 47.1 Å². The average molecular weight is 495 g/mol. The molecule has 10 nitrogen and oxygen atoms in total. The molecule has 2 aromatic carbocycles. The molecule has 0 spiro atoms. The van der Waals surface area contributed by atoms with Crippen LogP contribution >= 0.6 is 35.0 Å². The molecule has 13 heteroatoms. The van der Waals surface area contributed by atoms with Crippen molar-refractivity contribution in [3.05, 3.63) is 74.0 Å². The minimum Gasteiger partial charge on any atom is -0.345 e. The van der Waals surface area contributed by atoms with E-state index < -0.39 is 10.8 Å². The van der Waals surface area contributed by atoms with Crippen LogP contribution < -0.4 is 10.6 Å². The van der Waals surface area contributed by atoms with Crippen molar-refractivity contribution in [3.8, 4) is 0 Å². The Morgan fingerprint density at radius 1 is 1.19 bits per heavy atom. The highest BCUT2D eigenvalue weighted by atomic mass is 35.5. The van der Waals surface area contributed by atoms with Crippen LogP contribution in [-0.4, -0.2) is 37.3 Å². The molecule has 0 fully saturated rings. The first-order valence-electron chi connectivity index (χ1n) is 9.04. The molecular weight excluding hydrogens is 479 g/mol. The zero-order chi connectivity index (χ0) is 23.3. The van der Waals surface area contributed by atoms with Gasteiger partial charge in [-0.05, 0) is 18.2 Å². The van der Waals surface area contributed by atoms with E-state index in [1.54, 1.807) is 29.8 Å². The highest BCUT2D eigenvalue weighted by Crippen LogP contribution is 2.29. The molecule has 0 radical (unpaired) electrons. The van der Waals surface area contributed by atoms with Crippen LogP contribution in [0.5, 0.6) is 0 Å². The maximum Gasteiger partial charge on any atom is 0.270 e. The largest absolute Gasteiger partial charge is 0.345 e. The number of nitro benzene ring substituents is 1. The second-order valence-corrected chi connectivity index (χ2v) is 8.11. The van der Waals surface area contributed by atoms with E-state index in [0.29, 0.717) is 21.7 Å². The second-order valence-electron chi connectivity index (χ2n) is 6.39. The summed E-state index contributed by atoms with van der Waals surface area (Å²) in [5, 5.41) is 25.3. The molecule has 1 heterocycles. The number of rotatable bonds is 8. The lowest BCUT2D eigenvalue weighted by Crippen LogP contribution is -2.24. The molecule has 1 aromatic heterocycles. The highest BCUT2D eigenvalue weighted by molar-refractivity contribution is 7.99. The molecule has 0 aliphatic heterocycles. The Balaban J connectivity index is 1.55. The Morgan fingerprint density at radius 3 is 2.69 bits per heavy atom. The summed E-state index contributed by atoms with van der Waals surface area (Å²) < 4.78 is 1.64. The number of nitro groups is 1. The van der Waals surface area contributed by atoms with Gasteiger partial charge in [-0.3, -0.25) is 19.7 Å². The third kappa shape index (κ3) is 5.75. The number of aromatic nitrogens is 3. The Bertz CT molecular complexity index is 1190. The van der Waals surface area contributed by atoms with Crippen LogP contribution in [0.15, 0.2) is 47.6 Å². The summed E-state index contributed by atoms with van der Waals surface area (Å²) in [5.74, 6) is -0.287. The number of amides is 2. The number of nitrogens with one attached hydrogen (secondary N) is 2. The highest BCUT2D eigenvalue weighted by Gasteiger charge is 2.15. The standard InChI is InChI=1S/C19H16Cl2N6O4S/c1-26-15(9-22-18(29)11-4-2-5-12(8-11)27(30)31)24-25-19(26)32-10-16(28)23-14-7-3-6-13(20)17(14)21/h2-8H,9-10H2,1H3,(H,22,29)(H,23,28). The monoisotopic (exact) mass is 494 g/mol. The minimum absolute atomic E-state index is 0.0505. The SMILES string of the molecule is Cn1c(CNC(=O)c2cccc([N+](=O)[O-])c2)nnc1SCC(=O)Nc1cccc(Cl)c1Cl. The van der Waals surface area contributed by atoms with Crippen molar-refractivity contribution in [2.75, 3.05) is 11.1 Å². The normalized spacial score (nSPS) is 10.6. The first kappa shape index (κ1) is 23.5. The van der Waals surface area contributed by atoms with Crippen molar-refractivity contribution >= 4 is 58.2 Å². The maximum atomic E-state index is 12.3. The van der Waals surface area contributed by atoms with Crippen molar-refractivity contribution < 1.29 is 14.5 Å². The minimum atomic E-state index is -0.570. The lowest BCUT2D eigenvalue weighted by molar-refractivity contribution is -0.384. The predicted octanol–water partition coefficient (Wildman–Crippen LogP) is 3.69. The number of benzene rings is 2. The zero-order valence-corrected chi connectivity index (χ0v) is 18.9. The molecular formula is C19H16Cl2N6O4S. The molecule has 0 saturated carbocycles. The van der Waals surface area contributed by atoms with Crippen LogP contribution in [0.2, 0.25) is 10.0 Å². The molecule has 0 unspecified atom stereocenters. The van der Waals surface area contributed by atoms with Crippen LogP contribution in [0.25, 0.3) is 0 Å². The number of carbonyl (C=O) groups excluding carboxylic acids is 2. The zero-order valence-electron chi connectivity index (χ0n) is 16.5. The summed E-state index contributed by atoms with van der Waals surface area (Å²) in [7, 11) is 1.70. The van der Waals surface area contributed by atoms with Gasteiger partial charge in [0.25, 0.3) is 11.6 Å². The van der Waals surface area contributed by atoms with Gasteiger partial charge in [-0.2, -0.15) is 0 Å². The number of halogens is 2. The van der Waals surface area contributed by atoms with Gasteiger partial charge in [0.15, 0.2) is 11.0 Å². The Labute approximate surface area is 196 Å². The van der Waals surface area contributed by atoms with E-state index in [-0.39, 0.29) is 34.5 Å². The summed E-state index contributed by atoms with van der Waals surface area (Å²) in [6, 6.07) is 10.3. The summed E-state index contributed by atoms with van der Waals surface area (Å²) in [5.41, 5.74) is 0.395. The third-order valence-electron chi connectivity index (χ3n) is 4.21. The van der Waals surface area contributed by atoms with E-state index in [0.717, 1.165) is 11.8 Å². The van der Waals surface area contributed by atoms with Crippen LogP contribution in [0.4, 0.5) is 11.4 Å². The Kier molecular flexibility index (Phi) is 7.67. The molecule has 0 aliphatic rings. The summed E-state index contributed by atoms with van der Waals surface area (Å²) in [6.07, 6.45) is 0. The van der Waals surface area contributed by atoms with E-state index in [4.69, 9.17) is 23.2 Å². The van der Waals surface area contributed by atoms with Crippen LogP contribution in [-0.2, 0) is 18.4 Å². The molecule has 0 atom stereocenters. The van der Waals surface area contributed by atoms with Gasteiger partial charge in [-0.25, -0.2) is 0 Å². The Morgan fingerprint density at radius 2 is 1.94 bits per heavy atom. The molecule has 0 saturated heterocycles.